The summed E-state index contributed by atoms with van der Waals surface area (Å²) in [5.74, 6) is 1.44. The summed E-state index contributed by atoms with van der Waals surface area (Å²) in [5.41, 5.74) is 0.874. The van der Waals surface area contributed by atoms with Gasteiger partial charge in [-0.1, -0.05) is 25.3 Å². The lowest BCUT2D eigenvalue weighted by molar-refractivity contribution is -0.125. The van der Waals surface area contributed by atoms with Gasteiger partial charge >= 0.3 is 0 Å². The minimum Gasteiger partial charge on any atom is -0.356 e. The zero-order valence-electron chi connectivity index (χ0n) is 12.3. The second-order valence-electron chi connectivity index (χ2n) is 5.77. The molecule has 112 valence electrons. The van der Waals surface area contributed by atoms with Crippen LogP contribution in [0.4, 0.5) is 0 Å². The fraction of sp³-hybridized carbons (Fsp3) is 0.562. The van der Waals surface area contributed by atoms with Crippen molar-refractivity contribution in [2.24, 2.45) is 5.92 Å². The molecular formula is C16H22N4O. The number of nitrogens with zero attached hydrogens (tertiary/aromatic N) is 3. The Kier molecular flexibility index (Phi) is 4.48. The molecular weight excluding hydrogens is 264 g/mol. The molecule has 0 aromatic carbocycles. The van der Waals surface area contributed by atoms with Crippen molar-refractivity contribution in [1.29, 1.82) is 0 Å². The number of fused-ring (bicyclic) bond motifs is 1. The van der Waals surface area contributed by atoms with E-state index in [1.807, 2.05) is 28.8 Å². The van der Waals surface area contributed by atoms with Gasteiger partial charge in [-0.15, -0.1) is 10.2 Å². The van der Waals surface area contributed by atoms with Gasteiger partial charge in [-0.2, -0.15) is 0 Å². The lowest BCUT2D eigenvalue weighted by Crippen LogP contribution is -2.32. The number of pyridine rings is 1. The summed E-state index contributed by atoms with van der Waals surface area (Å²) < 4.78 is 2.00. The topological polar surface area (TPSA) is 59.3 Å². The van der Waals surface area contributed by atoms with Crippen LogP contribution < -0.4 is 5.32 Å². The number of nitrogens with one attached hydrogen (secondary N) is 1. The van der Waals surface area contributed by atoms with Gasteiger partial charge in [0.25, 0.3) is 0 Å². The predicted molar refractivity (Wildman–Crippen MR) is 80.9 cm³/mol. The highest BCUT2D eigenvalue weighted by Crippen LogP contribution is 2.23. The molecule has 2 aromatic heterocycles. The Morgan fingerprint density at radius 2 is 2.10 bits per heavy atom. The monoisotopic (exact) mass is 286 g/mol. The van der Waals surface area contributed by atoms with Gasteiger partial charge in [-0.05, 0) is 31.4 Å². The second-order valence-corrected chi connectivity index (χ2v) is 5.77. The molecule has 1 aliphatic carbocycles. The van der Waals surface area contributed by atoms with Crippen LogP contribution in [-0.4, -0.2) is 27.0 Å². The number of aromatic nitrogens is 3. The van der Waals surface area contributed by atoms with E-state index < -0.39 is 0 Å². The summed E-state index contributed by atoms with van der Waals surface area (Å²) in [5, 5.41) is 11.4. The van der Waals surface area contributed by atoms with Crippen LogP contribution in [0.5, 0.6) is 0 Å². The van der Waals surface area contributed by atoms with E-state index in [-0.39, 0.29) is 11.8 Å². The summed E-state index contributed by atoms with van der Waals surface area (Å²) >= 11 is 0. The quantitative estimate of drug-likeness (QED) is 0.858. The normalized spacial score (nSPS) is 16.2. The summed E-state index contributed by atoms with van der Waals surface area (Å²) in [6, 6.07) is 5.88. The van der Waals surface area contributed by atoms with Crippen LogP contribution in [0.3, 0.4) is 0 Å². The maximum atomic E-state index is 12.0. The first kappa shape index (κ1) is 14.0. The summed E-state index contributed by atoms with van der Waals surface area (Å²) in [4.78, 5) is 12.0. The number of hydrogen-bond acceptors (Lipinski definition) is 3. The minimum absolute atomic E-state index is 0.237. The number of hydrogen-bond donors (Lipinski definition) is 1. The summed E-state index contributed by atoms with van der Waals surface area (Å²) in [6.45, 7) is 0.719. The van der Waals surface area contributed by atoms with E-state index in [4.69, 9.17) is 0 Å². The predicted octanol–water partition coefficient (Wildman–Crippen LogP) is 2.36. The third-order valence-electron chi connectivity index (χ3n) is 4.24. The first-order valence-electron chi connectivity index (χ1n) is 7.91. The van der Waals surface area contributed by atoms with Gasteiger partial charge in [-0.25, -0.2) is 0 Å². The van der Waals surface area contributed by atoms with E-state index in [9.17, 15) is 4.79 Å². The van der Waals surface area contributed by atoms with E-state index in [0.717, 1.165) is 43.7 Å². The van der Waals surface area contributed by atoms with Crippen LogP contribution in [-0.2, 0) is 11.2 Å². The fourth-order valence-electron chi connectivity index (χ4n) is 3.03. The smallest absolute Gasteiger partial charge is 0.223 e. The van der Waals surface area contributed by atoms with Crippen molar-refractivity contribution in [3.8, 4) is 0 Å². The molecule has 5 heteroatoms. The number of amides is 1. The zero-order valence-corrected chi connectivity index (χ0v) is 12.3. The molecule has 1 N–H and O–H groups in total. The van der Waals surface area contributed by atoms with Gasteiger partial charge < -0.3 is 5.32 Å². The Bertz CT molecular complexity index is 601. The van der Waals surface area contributed by atoms with Crippen molar-refractivity contribution in [2.45, 2.75) is 44.9 Å². The van der Waals surface area contributed by atoms with Gasteiger partial charge in [-0.3, -0.25) is 9.20 Å². The van der Waals surface area contributed by atoms with E-state index >= 15 is 0 Å². The van der Waals surface area contributed by atoms with E-state index in [2.05, 4.69) is 15.5 Å². The zero-order chi connectivity index (χ0) is 14.5. The molecule has 2 aromatic rings. The van der Waals surface area contributed by atoms with E-state index in [1.54, 1.807) is 0 Å². The molecule has 2 heterocycles. The molecule has 1 amide bonds. The van der Waals surface area contributed by atoms with E-state index in [0.29, 0.717) is 0 Å². The number of aryl methyl sites for hydroxylation is 1. The Hall–Kier alpha value is -1.91. The summed E-state index contributed by atoms with van der Waals surface area (Å²) in [7, 11) is 0. The molecule has 0 spiro atoms. The summed E-state index contributed by atoms with van der Waals surface area (Å²) in [6.07, 6.45) is 9.49. The van der Waals surface area contributed by atoms with Gasteiger partial charge in [0.2, 0.25) is 5.91 Å². The Labute approximate surface area is 124 Å². The standard InChI is InChI=1S/C16H22N4O/c21-16(13-7-2-1-3-8-13)17-11-6-10-15-19-18-14-9-4-5-12-20(14)15/h4-5,9,12-13H,1-3,6-8,10-11H2,(H,17,21). The lowest BCUT2D eigenvalue weighted by atomic mass is 9.89. The Balaban J connectivity index is 1.44. The molecule has 1 fully saturated rings. The van der Waals surface area contributed by atoms with Crippen LogP contribution >= 0.6 is 0 Å². The van der Waals surface area contributed by atoms with Gasteiger partial charge in [0.15, 0.2) is 5.65 Å². The fourth-order valence-corrected chi connectivity index (χ4v) is 3.03. The van der Waals surface area contributed by atoms with Crippen LogP contribution in [0.2, 0.25) is 0 Å². The number of carbonyl (C=O) groups is 1. The molecule has 3 rings (SSSR count). The largest absolute Gasteiger partial charge is 0.356 e. The van der Waals surface area contributed by atoms with Gasteiger partial charge in [0.1, 0.15) is 5.82 Å². The number of carbonyl (C=O) groups excluding carboxylic acids is 1. The highest BCUT2D eigenvalue weighted by molar-refractivity contribution is 5.78. The first-order valence-corrected chi connectivity index (χ1v) is 7.91. The maximum Gasteiger partial charge on any atom is 0.223 e. The Morgan fingerprint density at radius 1 is 1.24 bits per heavy atom. The number of rotatable bonds is 5. The second kappa shape index (κ2) is 6.70. The van der Waals surface area contributed by atoms with Crippen LogP contribution in [0.1, 0.15) is 44.3 Å². The van der Waals surface area contributed by atoms with Crippen molar-refractivity contribution in [1.82, 2.24) is 19.9 Å². The van der Waals surface area contributed by atoms with Crippen molar-refractivity contribution in [3.63, 3.8) is 0 Å². The minimum atomic E-state index is 0.237. The van der Waals surface area contributed by atoms with Crippen molar-refractivity contribution < 1.29 is 4.79 Å². The van der Waals surface area contributed by atoms with Crippen molar-refractivity contribution in [3.05, 3.63) is 30.2 Å². The first-order chi connectivity index (χ1) is 10.3. The molecule has 1 saturated carbocycles. The molecule has 0 radical (unpaired) electrons. The maximum absolute atomic E-state index is 12.0. The van der Waals surface area contributed by atoms with Crippen molar-refractivity contribution in [2.75, 3.05) is 6.54 Å². The molecule has 0 unspecified atom stereocenters. The lowest BCUT2D eigenvalue weighted by Gasteiger charge is -2.20. The Morgan fingerprint density at radius 3 is 2.95 bits per heavy atom. The molecule has 0 bridgehead atoms. The van der Waals surface area contributed by atoms with Crippen LogP contribution in [0, 0.1) is 5.92 Å². The van der Waals surface area contributed by atoms with Crippen molar-refractivity contribution >= 4 is 11.6 Å². The molecule has 21 heavy (non-hydrogen) atoms. The highest BCUT2D eigenvalue weighted by Gasteiger charge is 2.20. The molecule has 0 atom stereocenters. The molecule has 0 aliphatic heterocycles. The third kappa shape index (κ3) is 3.40. The molecule has 1 aliphatic rings. The van der Waals surface area contributed by atoms with Gasteiger partial charge in [0, 0.05) is 25.1 Å². The van der Waals surface area contributed by atoms with Crippen LogP contribution in [0.25, 0.3) is 5.65 Å². The van der Waals surface area contributed by atoms with Crippen LogP contribution in [0.15, 0.2) is 24.4 Å². The van der Waals surface area contributed by atoms with E-state index in [1.165, 1.54) is 19.3 Å². The highest BCUT2D eigenvalue weighted by atomic mass is 16.1. The SMILES string of the molecule is O=C(NCCCc1nnc2ccccn12)C1CCCCC1. The van der Waals surface area contributed by atoms with Gasteiger partial charge in [0.05, 0.1) is 0 Å². The molecule has 5 nitrogen and oxygen atoms in total. The average molecular weight is 286 g/mol. The molecule has 0 saturated heterocycles. The third-order valence-corrected chi connectivity index (χ3v) is 4.24. The average Bonchev–Trinajstić information content (AvgIpc) is 2.95.